The van der Waals surface area contributed by atoms with Gasteiger partial charge in [-0.2, -0.15) is 0 Å². The number of halogens is 2. The monoisotopic (exact) mass is 201 g/mol. The third-order valence-corrected chi connectivity index (χ3v) is 1.73. The second-order valence-corrected chi connectivity index (χ2v) is 3.28. The Morgan fingerprint density at radius 3 is 2.50 bits per heavy atom. The van der Waals surface area contributed by atoms with Crippen molar-refractivity contribution in [1.82, 2.24) is 4.98 Å². The Labute approximate surface area is 81.9 Å². The van der Waals surface area contributed by atoms with E-state index in [0.29, 0.717) is 11.7 Å². The zero-order valence-electron chi connectivity index (χ0n) is 8.21. The molecule has 0 N–H and O–H groups in total. The van der Waals surface area contributed by atoms with Gasteiger partial charge in [-0.1, -0.05) is 13.8 Å². The molecule has 0 aliphatic heterocycles. The topological polar surface area (TPSA) is 22.1 Å². The first kappa shape index (κ1) is 10.9. The van der Waals surface area contributed by atoms with Crippen LogP contribution in [0.15, 0.2) is 18.3 Å². The second-order valence-electron chi connectivity index (χ2n) is 3.28. The number of pyridine rings is 1. The van der Waals surface area contributed by atoms with Crippen molar-refractivity contribution in [3.8, 4) is 5.75 Å². The van der Waals surface area contributed by atoms with E-state index in [1.807, 2.05) is 13.8 Å². The molecule has 0 amide bonds. The Balaban J connectivity index is 2.55. The van der Waals surface area contributed by atoms with Crippen molar-refractivity contribution in [2.75, 3.05) is 6.61 Å². The summed E-state index contributed by atoms with van der Waals surface area (Å²) in [6.45, 7) is 3.45. The summed E-state index contributed by atoms with van der Waals surface area (Å²) in [6.07, 6.45) is -0.975. The molecule has 1 heterocycles. The van der Waals surface area contributed by atoms with Crippen molar-refractivity contribution in [3.63, 3.8) is 0 Å². The van der Waals surface area contributed by atoms with Gasteiger partial charge in [0.2, 0.25) is 0 Å². The maximum absolute atomic E-state index is 11.8. The van der Waals surface area contributed by atoms with Crippen LogP contribution in [0.25, 0.3) is 0 Å². The summed E-state index contributed by atoms with van der Waals surface area (Å²) in [5.74, 6) is 0.717. The molecule has 1 aromatic heterocycles. The zero-order valence-corrected chi connectivity index (χ0v) is 8.21. The fourth-order valence-corrected chi connectivity index (χ4v) is 0.978. The van der Waals surface area contributed by atoms with Gasteiger partial charge in [0.15, 0.2) is 0 Å². The lowest BCUT2D eigenvalue weighted by Crippen LogP contribution is -2.07. The number of rotatable bonds is 4. The number of hydrogen-bond acceptors (Lipinski definition) is 2. The van der Waals surface area contributed by atoms with E-state index in [1.54, 1.807) is 12.1 Å². The number of ether oxygens (including phenoxy) is 1. The molecule has 78 valence electrons. The van der Waals surface area contributed by atoms with Crippen molar-refractivity contribution < 1.29 is 13.5 Å². The minimum absolute atomic E-state index is 0.333. The van der Waals surface area contributed by atoms with Crippen molar-refractivity contribution in [1.29, 1.82) is 0 Å². The average molecular weight is 201 g/mol. The molecule has 0 aliphatic rings. The molecule has 0 fully saturated rings. The molecule has 0 saturated heterocycles. The van der Waals surface area contributed by atoms with Crippen LogP contribution in [0.2, 0.25) is 0 Å². The van der Waals surface area contributed by atoms with Gasteiger partial charge in [0.25, 0.3) is 6.43 Å². The van der Waals surface area contributed by atoms with E-state index in [9.17, 15) is 8.78 Å². The van der Waals surface area contributed by atoms with Crippen molar-refractivity contribution in [2.45, 2.75) is 26.2 Å². The van der Waals surface area contributed by atoms with Crippen LogP contribution in [0.4, 0.5) is 8.78 Å². The van der Waals surface area contributed by atoms with Crippen LogP contribution in [0.3, 0.4) is 0 Å². The minimum Gasteiger partial charge on any atom is -0.486 e. The van der Waals surface area contributed by atoms with Crippen LogP contribution in [0.5, 0.6) is 5.75 Å². The predicted molar refractivity (Wildman–Crippen MR) is 49.8 cm³/mol. The van der Waals surface area contributed by atoms with E-state index >= 15 is 0 Å². The zero-order chi connectivity index (χ0) is 10.6. The largest absolute Gasteiger partial charge is 0.486 e. The quantitative estimate of drug-likeness (QED) is 0.747. The first-order chi connectivity index (χ1) is 6.59. The van der Waals surface area contributed by atoms with Crippen LogP contribution in [-0.2, 0) is 0 Å². The maximum Gasteiger partial charge on any atom is 0.272 e. The molecule has 0 unspecified atom stereocenters. The van der Waals surface area contributed by atoms with Crippen molar-refractivity contribution in [3.05, 3.63) is 24.0 Å². The normalized spacial score (nSPS) is 11.0. The molecule has 0 radical (unpaired) electrons. The van der Waals surface area contributed by atoms with E-state index in [0.717, 1.165) is 5.69 Å². The Morgan fingerprint density at radius 1 is 1.36 bits per heavy atom. The molecule has 0 aromatic carbocycles. The molecule has 1 aromatic rings. The molecule has 1 rings (SSSR count). The highest BCUT2D eigenvalue weighted by molar-refractivity contribution is 5.21. The molecule has 14 heavy (non-hydrogen) atoms. The highest BCUT2D eigenvalue weighted by Gasteiger charge is 2.04. The summed E-state index contributed by atoms with van der Waals surface area (Å²) in [6, 6.07) is 3.44. The molecule has 0 spiro atoms. The molecule has 0 bridgehead atoms. The molecule has 0 saturated carbocycles. The molecule has 0 atom stereocenters. The fourth-order valence-electron chi connectivity index (χ4n) is 0.978. The summed E-state index contributed by atoms with van der Waals surface area (Å²) in [5, 5.41) is 0. The molecule has 0 aliphatic carbocycles. The highest BCUT2D eigenvalue weighted by Crippen LogP contribution is 2.15. The molecular weight excluding hydrogens is 188 g/mol. The number of aromatic nitrogens is 1. The Kier molecular flexibility index (Phi) is 3.80. The van der Waals surface area contributed by atoms with Gasteiger partial charge < -0.3 is 4.74 Å². The van der Waals surface area contributed by atoms with E-state index in [2.05, 4.69) is 4.98 Å². The molecule has 2 nitrogen and oxygen atoms in total. The smallest absolute Gasteiger partial charge is 0.272 e. The van der Waals surface area contributed by atoms with Crippen LogP contribution < -0.4 is 4.74 Å². The lowest BCUT2D eigenvalue weighted by atomic mass is 10.1. The van der Waals surface area contributed by atoms with E-state index in [1.165, 1.54) is 6.20 Å². The Bertz CT molecular complexity index is 272. The van der Waals surface area contributed by atoms with E-state index in [-0.39, 0.29) is 0 Å². The highest BCUT2D eigenvalue weighted by atomic mass is 19.3. The van der Waals surface area contributed by atoms with Gasteiger partial charge in [-0.3, -0.25) is 4.98 Å². The van der Waals surface area contributed by atoms with Gasteiger partial charge >= 0.3 is 0 Å². The van der Waals surface area contributed by atoms with Gasteiger partial charge in [-0.25, -0.2) is 8.78 Å². The summed E-state index contributed by atoms with van der Waals surface area (Å²) >= 11 is 0. The third-order valence-electron chi connectivity index (χ3n) is 1.73. The SMILES string of the molecule is CC(C)c1ccc(OCC(F)F)cn1. The Hall–Kier alpha value is -1.19. The van der Waals surface area contributed by atoms with Gasteiger partial charge in [-0.05, 0) is 18.1 Å². The van der Waals surface area contributed by atoms with Gasteiger partial charge in [0.1, 0.15) is 12.4 Å². The fraction of sp³-hybridized carbons (Fsp3) is 0.500. The first-order valence-corrected chi connectivity index (χ1v) is 4.46. The first-order valence-electron chi connectivity index (χ1n) is 4.46. The average Bonchev–Trinajstić information content (AvgIpc) is 2.15. The molecular formula is C10H13F2NO. The molecule has 4 heteroatoms. The van der Waals surface area contributed by atoms with Crippen molar-refractivity contribution in [2.24, 2.45) is 0 Å². The summed E-state index contributed by atoms with van der Waals surface area (Å²) < 4.78 is 28.4. The second kappa shape index (κ2) is 4.88. The Morgan fingerprint density at radius 2 is 2.07 bits per heavy atom. The van der Waals surface area contributed by atoms with E-state index < -0.39 is 13.0 Å². The number of hydrogen-bond donors (Lipinski definition) is 0. The maximum atomic E-state index is 11.8. The van der Waals surface area contributed by atoms with Gasteiger partial charge in [0.05, 0.1) is 6.20 Å². The summed E-state index contributed by atoms with van der Waals surface area (Å²) in [4.78, 5) is 4.09. The van der Waals surface area contributed by atoms with Crippen LogP contribution in [-0.4, -0.2) is 18.0 Å². The van der Waals surface area contributed by atoms with Crippen LogP contribution in [0.1, 0.15) is 25.5 Å². The summed E-state index contributed by atoms with van der Waals surface area (Å²) in [7, 11) is 0. The summed E-state index contributed by atoms with van der Waals surface area (Å²) in [5.41, 5.74) is 0.925. The number of nitrogens with zero attached hydrogens (tertiary/aromatic N) is 1. The van der Waals surface area contributed by atoms with Crippen molar-refractivity contribution >= 4 is 0 Å². The van der Waals surface area contributed by atoms with Crippen LogP contribution in [0, 0.1) is 0 Å². The van der Waals surface area contributed by atoms with Gasteiger partial charge in [-0.15, -0.1) is 0 Å². The van der Waals surface area contributed by atoms with E-state index in [4.69, 9.17) is 4.74 Å². The van der Waals surface area contributed by atoms with Gasteiger partial charge in [0, 0.05) is 5.69 Å². The number of alkyl halides is 2. The minimum atomic E-state index is -2.44. The predicted octanol–water partition coefficient (Wildman–Crippen LogP) is 2.85. The van der Waals surface area contributed by atoms with Crippen LogP contribution >= 0.6 is 0 Å². The lowest BCUT2D eigenvalue weighted by molar-refractivity contribution is 0.0817. The third kappa shape index (κ3) is 3.28. The lowest BCUT2D eigenvalue weighted by Gasteiger charge is -2.07. The standard InChI is InChI=1S/C10H13F2NO/c1-7(2)9-4-3-8(5-13-9)14-6-10(11)12/h3-5,7,10H,6H2,1-2H3.